The standard InChI is InChI=1S/C12H19NO4S2/c1-16-9-10(17-2)12(15)13(11(9)14)5-3-4-8-18-6-7-19-8/h8-10H,3-7H2,1-2H3/t9-,10-/m1/s1. The molecule has 0 N–H and O–H groups in total. The molecule has 2 aliphatic heterocycles. The third-order valence-electron chi connectivity index (χ3n) is 3.31. The van der Waals surface area contributed by atoms with Gasteiger partial charge in [0.1, 0.15) is 0 Å². The van der Waals surface area contributed by atoms with Gasteiger partial charge in [0.05, 0.1) is 4.58 Å². The Morgan fingerprint density at radius 2 is 1.63 bits per heavy atom. The number of rotatable bonds is 6. The lowest BCUT2D eigenvalue weighted by molar-refractivity contribution is -0.141. The normalized spacial score (nSPS) is 28.6. The molecular formula is C12H19NO4S2. The minimum atomic E-state index is -0.785. The molecule has 0 saturated carbocycles. The molecule has 0 spiro atoms. The first kappa shape index (κ1) is 15.2. The van der Waals surface area contributed by atoms with Crippen molar-refractivity contribution in [2.75, 3.05) is 32.3 Å². The van der Waals surface area contributed by atoms with Crippen LogP contribution in [-0.4, -0.2) is 65.8 Å². The number of ether oxygens (including phenoxy) is 2. The molecule has 0 aromatic heterocycles. The fraction of sp³-hybridized carbons (Fsp3) is 0.833. The summed E-state index contributed by atoms with van der Waals surface area (Å²) < 4.78 is 10.7. The summed E-state index contributed by atoms with van der Waals surface area (Å²) in [5.41, 5.74) is 0. The molecule has 2 rings (SSSR count). The van der Waals surface area contributed by atoms with Gasteiger partial charge in [-0.05, 0) is 12.8 Å². The maximum absolute atomic E-state index is 12.0. The second kappa shape index (κ2) is 6.97. The number of hydrogen-bond donors (Lipinski definition) is 0. The Kier molecular flexibility index (Phi) is 5.56. The van der Waals surface area contributed by atoms with E-state index in [0.717, 1.165) is 12.8 Å². The van der Waals surface area contributed by atoms with Crippen LogP contribution in [0.2, 0.25) is 0 Å². The van der Waals surface area contributed by atoms with Crippen LogP contribution in [0.15, 0.2) is 0 Å². The van der Waals surface area contributed by atoms with Crippen LogP contribution >= 0.6 is 23.5 Å². The number of nitrogens with zero attached hydrogens (tertiary/aromatic N) is 1. The van der Waals surface area contributed by atoms with Gasteiger partial charge in [-0.1, -0.05) is 0 Å². The zero-order valence-corrected chi connectivity index (χ0v) is 12.8. The molecule has 7 heteroatoms. The van der Waals surface area contributed by atoms with Crippen molar-refractivity contribution in [2.24, 2.45) is 0 Å². The van der Waals surface area contributed by atoms with Crippen molar-refractivity contribution in [2.45, 2.75) is 29.6 Å². The molecule has 19 heavy (non-hydrogen) atoms. The molecule has 2 aliphatic rings. The van der Waals surface area contributed by atoms with E-state index in [0.29, 0.717) is 11.1 Å². The topological polar surface area (TPSA) is 55.8 Å². The van der Waals surface area contributed by atoms with Gasteiger partial charge >= 0.3 is 0 Å². The van der Waals surface area contributed by atoms with Crippen LogP contribution in [0.25, 0.3) is 0 Å². The average molecular weight is 305 g/mol. The van der Waals surface area contributed by atoms with Gasteiger partial charge in [0.15, 0.2) is 12.2 Å². The summed E-state index contributed by atoms with van der Waals surface area (Å²) in [4.78, 5) is 25.4. The van der Waals surface area contributed by atoms with E-state index < -0.39 is 12.2 Å². The molecule has 0 unspecified atom stereocenters. The summed E-state index contributed by atoms with van der Waals surface area (Å²) in [5, 5.41) is 0. The second-order valence-corrected chi connectivity index (χ2v) is 7.37. The Morgan fingerprint density at radius 3 is 2.11 bits per heavy atom. The van der Waals surface area contributed by atoms with Crippen LogP contribution in [0, 0.1) is 0 Å². The van der Waals surface area contributed by atoms with E-state index in [-0.39, 0.29) is 11.8 Å². The molecule has 0 bridgehead atoms. The third-order valence-corrected chi connectivity index (χ3v) is 6.48. The van der Waals surface area contributed by atoms with E-state index in [1.165, 1.54) is 30.6 Å². The zero-order valence-electron chi connectivity index (χ0n) is 11.2. The molecule has 108 valence electrons. The van der Waals surface area contributed by atoms with E-state index in [9.17, 15) is 9.59 Å². The molecule has 2 atom stereocenters. The van der Waals surface area contributed by atoms with Crippen molar-refractivity contribution in [3.8, 4) is 0 Å². The Morgan fingerprint density at radius 1 is 1.11 bits per heavy atom. The highest BCUT2D eigenvalue weighted by Crippen LogP contribution is 2.35. The quantitative estimate of drug-likeness (QED) is 0.682. The molecule has 2 fully saturated rings. The summed E-state index contributed by atoms with van der Waals surface area (Å²) >= 11 is 3.92. The van der Waals surface area contributed by atoms with Gasteiger partial charge in [0.25, 0.3) is 11.8 Å². The van der Waals surface area contributed by atoms with Crippen molar-refractivity contribution in [3.63, 3.8) is 0 Å². The Hall–Kier alpha value is -0.240. The SMILES string of the molecule is CO[C@H]1C(=O)N(CCCC2SCCS2)C(=O)[C@@H]1OC. The summed E-state index contributed by atoms with van der Waals surface area (Å²) in [5.74, 6) is 1.86. The lowest BCUT2D eigenvalue weighted by Crippen LogP contribution is -2.33. The highest BCUT2D eigenvalue weighted by molar-refractivity contribution is 8.20. The first-order chi connectivity index (χ1) is 9.19. The van der Waals surface area contributed by atoms with E-state index in [4.69, 9.17) is 9.47 Å². The van der Waals surface area contributed by atoms with Crippen molar-refractivity contribution < 1.29 is 19.1 Å². The number of likely N-dealkylation sites (tertiary alicyclic amines) is 1. The number of hydrogen-bond acceptors (Lipinski definition) is 6. The molecule has 2 saturated heterocycles. The van der Waals surface area contributed by atoms with Crippen LogP contribution in [-0.2, 0) is 19.1 Å². The summed E-state index contributed by atoms with van der Waals surface area (Å²) in [7, 11) is 2.86. The average Bonchev–Trinajstić information content (AvgIpc) is 2.99. The van der Waals surface area contributed by atoms with Gasteiger partial charge in [-0.25, -0.2) is 0 Å². The van der Waals surface area contributed by atoms with Crippen LogP contribution in [0.5, 0.6) is 0 Å². The summed E-state index contributed by atoms with van der Waals surface area (Å²) in [6, 6.07) is 0. The lowest BCUT2D eigenvalue weighted by atomic mass is 10.2. The van der Waals surface area contributed by atoms with Gasteiger partial charge in [0.2, 0.25) is 0 Å². The van der Waals surface area contributed by atoms with Gasteiger partial charge in [-0.2, -0.15) is 0 Å². The third kappa shape index (κ3) is 3.26. The van der Waals surface area contributed by atoms with Crippen molar-refractivity contribution in [1.82, 2.24) is 4.90 Å². The monoisotopic (exact) mass is 305 g/mol. The Balaban J connectivity index is 1.85. The number of carbonyl (C=O) groups is 2. The van der Waals surface area contributed by atoms with E-state index in [1.807, 2.05) is 23.5 Å². The first-order valence-electron chi connectivity index (χ1n) is 6.33. The Bertz CT molecular complexity index is 325. The van der Waals surface area contributed by atoms with E-state index >= 15 is 0 Å². The number of thioether (sulfide) groups is 2. The molecular weight excluding hydrogens is 286 g/mol. The highest BCUT2D eigenvalue weighted by atomic mass is 32.2. The smallest absolute Gasteiger partial charge is 0.261 e. The van der Waals surface area contributed by atoms with Crippen LogP contribution < -0.4 is 0 Å². The van der Waals surface area contributed by atoms with Crippen LogP contribution in [0.1, 0.15) is 12.8 Å². The van der Waals surface area contributed by atoms with Crippen molar-refractivity contribution in [3.05, 3.63) is 0 Å². The maximum Gasteiger partial charge on any atom is 0.261 e. The van der Waals surface area contributed by atoms with Crippen LogP contribution in [0.4, 0.5) is 0 Å². The highest BCUT2D eigenvalue weighted by Gasteiger charge is 2.48. The number of carbonyl (C=O) groups excluding carboxylic acids is 2. The predicted octanol–water partition coefficient (Wildman–Crippen LogP) is 0.971. The van der Waals surface area contributed by atoms with E-state index in [2.05, 4.69) is 0 Å². The molecule has 0 aromatic carbocycles. The predicted molar refractivity (Wildman–Crippen MR) is 76.3 cm³/mol. The number of amides is 2. The van der Waals surface area contributed by atoms with E-state index in [1.54, 1.807) is 0 Å². The van der Waals surface area contributed by atoms with Gasteiger partial charge in [-0.3, -0.25) is 14.5 Å². The first-order valence-corrected chi connectivity index (χ1v) is 8.42. The fourth-order valence-electron chi connectivity index (χ4n) is 2.33. The summed E-state index contributed by atoms with van der Waals surface area (Å²) in [6.45, 7) is 0.467. The maximum atomic E-state index is 12.0. The zero-order chi connectivity index (χ0) is 13.8. The molecule has 2 amide bonds. The lowest BCUT2D eigenvalue weighted by Gasteiger charge is -2.15. The fourth-order valence-corrected chi connectivity index (χ4v) is 5.26. The molecule has 5 nitrogen and oxygen atoms in total. The second-order valence-electron chi connectivity index (χ2n) is 4.45. The van der Waals surface area contributed by atoms with Crippen molar-refractivity contribution in [1.29, 1.82) is 0 Å². The van der Waals surface area contributed by atoms with Crippen LogP contribution in [0.3, 0.4) is 0 Å². The van der Waals surface area contributed by atoms with Gasteiger partial charge in [-0.15, -0.1) is 23.5 Å². The minimum Gasteiger partial charge on any atom is -0.368 e. The number of methoxy groups -OCH3 is 2. The van der Waals surface area contributed by atoms with Gasteiger partial charge in [0, 0.05) is 32.3 Å². The Labute approximate surface area is 121 Å². The largest absolute Gasteiger partial charge is 0.368 e. The minimum absolute atomic E-state index is 0.272. The molecule has 0 aromatic rings. The van der Waals surface area contributed by atoms with Crippen molar-refractivity contribution >= 4 is 35.3 Å². The molecule has 0 radical (unpaired) electrons. The number of imide groups is 1. The molecule has 2 heterocycles. The molecule has 0 aliphatic carbocycles. The summed E-state index contributed by atoms with van der Waals surface area (Å²) in [6.07, 6.45) is 0.303. The van der Waals surface area contributed by atoms with Gasteiger partial charge < -0.3 is 9.47 Å².